The first kappa shape index (κ1) is 21.4. The molecule has 0 aliphatic carbocycles. The Labute approximate surface area is 183 Å². The fourth-order valence-electron chi connectivity index (χ4n) is 3.23. The molecule has 2 aromatic heterocycles. The predicted octanol–water partition coefficient (Wildman–Crippen LogP) is 3.30. The van der Waals surface area contributed by atoms with Crippen LogP contribution in [0.2, 0.25) is 0 Å². The maximum Gasteiger partial charge on any atom is 0.243 e. The molecule has 158 valence electrons. The summed E-state index contributed by atoms with van der Waals surface area (Å²) in [6.45, 7) is 5.56. The Morgan fingerprint density at radius 3 is 2.57 bits per heavy atom. The minimum absolute atomic E-state index is 0.0771. The smallest absolute Gasteiger partial charge is 0.243 e. The Kier molecular flexibility index (Phi) is 6.21. The second-order valence-corrected chi connectivity index (χ2v) is 11.0. The zero-order valence-electron chi connectivity index (χ0n) is 16.6. The number of fused-ring (bicyclic) bond motifs is 1. The lowest BCUT2D eigenvalue weighted by molar-refractivity contribution is 0.0730. The van der Waals surface area contributed by atoms with Crippen LogP contribution in [0.1, 0.15) is 20.8 Å². The number of hydrogen-bond acceptors (Lipinski definition) is 8. The van der Waals surface area contributed by atoms with Gasteiger partial charge in [0.15, 0.2) is 5.78 Å². The highest BCUT2D eigenvalue weighted by Gasteiger charge is 2.26. The number of thioether (sulfide) groups is 1. The first-order chi connectivity index (χ1) is 14.4. The van der Waals surface area contributed by atoms with Gasteiger partial charge in [-0.25, -0.2) is 18.4 Å². The molecule has 0 N–H and O–H groups in total. The van der Waals surface area contributed by atoms with Crippen LogP contribution in [0.5, 0.6) is 0 Å². The van der Waals surface area contributed by atoms with Crippen LogP contribution in [-0.4, -0.2) is 60.5 Å². The van der Waals surface area contributed by atoms with Gasteiger partial charge in [-0.2, -0.15) is 4.31 Å². The number of nitrogens with zero attached hydrogens (tertiary/aromatic N) is 3. The van der Waals surface area contributed by atoms with Crippen LogP contribution >= 0.6 is 23.1 Å². The lowest BCUT2D eigenvalue weighted by Crippen LogP contribution is -2.40. The Morgan fingerprint density at radius 1 is 1.17 bits per heavy atom. The second kappa shape index (κ2) is 8.72. The summed E-state index contributed by atoms with van der Waals surface area (Å²) < 4.78 is 32.0. The van der Waals surface area contributed by atoms with Gasteiger partial charge in [-0.05, 0) is 31.5 Å². The van der Waals surface area contributed by atoms with E-state index in [0.29, 0.717) is 31.9 Å². The molecule has 7 nitrogen and oxygen atoms in total. The number of rotatable bonds is 6. The molecule has 1 fully saturated rings. The molecule has 1 aliphatic rings. The van der Waals surface area contributed by atoms with Crippen LogP contribution in [0.15, 0.2) is 40.5 Å². The Balaban J connectivity index is 1.47. The van der Waals surface area contributed by atoms with Crippen molar-refractivity contribution < 1.29 is 17.9 Å². The number of thiophene rings is 1. The highest BCUT2D eigenvalue weighted by Crippen LogP contribution is 2.34. The second-order valence-electron chi connectivity index (χ2n) is 6.89. The summed E-state index contributed by atoms with van der Waals surface area (Å²) in [5.74, 6) is 0.141. The number of Topliss-reactive ketones (excluding diaryl/α,β-unsaturated/α-hetero) is 1. The summed E-state index contributed by atoms with van der Waals surface area (Å²) in [5, 5.41) is 1.80. The Bertz CT molecular complexity index is 1180. The lowest BCUT2D eigenvalue weighted by atomic mass is 10.1. The fraction of sp³-hybridized carbons (Fsp3) is 0.350. The van der Waals surface area contributed by atoms with E-state index in [2.05, 4.69) is 9.97 Å². The van der Waals surface area contributed by atoms with Crippen molar-refractivity contribution in [1.82, 2.24) is 14.3 Å². The molecule has 0 spiro atoms. The van der Waals surface area contributed by atoms with Crippen molar-refractivity contribution in [3.05, 3.63) is 46.6 Å². The van der Waals surface area contributed by atoms with E-state index in [1.54, 1.807) is 23.5 Å². The number of carbonyl (C=O) groups is 1. The van der Waals surface area contributed by atoms with E-state index in [1.807, 2.05) is 13.8 Å². The number of morpholine rings is 1. The van der Waals surface area contributed by atoms with Crippen LogP contribution in [-0.2, 0) is 14.8 Å². The molecular weight excluding hydrogens is 442 g/mol. The topological polar surface area (TPSA) is 89.5 Å². The van der Waals surface area contributed by atoms with Crippen molar-refractivity contribution in [2.75, 3.05) is 32.1 Å². The largest absolute Gasteiger partial charge is 0.379 e. The number of benzene rings is 1. The molecule has 0 amide bonds. The van der Waals surface area contributed by atoms with E-state index in [0.717, 1.165) is 20.8 Å². The number of aromatic nitrogens is 2. The third-order valence-electron chi connectivity index (χ3n) is 5.05. The molecule has 3 aromatic rings. The Morgan fingerprint density at radius 2 is 1.87 bits per heavy atom. The van der Waals surface area contributed by atoms with E-state index in [1.165, 1.54) is 39.4 Å². The van der Waals surface area contributed by atoms with Gasteiger partial charge in [-0.1, -0.05) is 23.9 Å². The normalized spacial score (nSPS) is 15.5. The highest BCUT2D eigenvalue weighted by atomic mass is 32.2. The SMILES string of the molecule is Cc1sc2ncnc(SCC(=O)c3ccc(S(=O)(=O)N4CCOCC4)cc3)c2c1C. The van der Waals surface area contributed by atoms with Gasteiger partial charge in [0.2, 0.25) is 10.0 Å². The average Bonchev–Trinajstić information content (AvgIpc) is 3.07. The number of ketones is 1. The zero-order chi connectivity index (χ0) is 21.3. The number of sulfonamides is 1. The van der Waals surface area contributed by atoms with Gasteiger partial charge in [-0.15, -0.1) is 11.3 Å². The number of aryl methyl sites for hydroxylation is 2. The van der Waals surface area contributed by atoms with Crippen molar-refractivity contribution in [3.63, 3.8) is 0 Å². The molecule has 3 heterocycles. The summed E-state index contributed by atoms with van der Waals surface area (Å²) in [7, 11) is -3.57. The molecule has 0 atom stereocenters. The quantitative estimate of drug-likeness (QED) is 0.315. The van der Waals surface area contributed by atoms with Crippen molar-refractivity contribution in [1.29, 1.82) is 0 Å². The summed E-state index contributed by atoms with van der Waals surface area (Å²) in [6, 6.07) is 6.15. The van der Waals surface area contributed by atoms with Gasteiger partial charge in [0, 0.05) is 28.9 Å². The van der Waals surface area contributed by atoms with Crippen molar-refractivity contribution >= 4 is 49.1 Å². The van der Waals surface area contributed by atoms with E-state index >= 15 is 0 Å². The minimum atomic E-state index is -3.57. The number of carbonyl (C=O) groups excluding carboxylic acids is 1. The number of ether oxygens (including phenoxy) is 1. The van der Waals surface area contributed by atoms with Crippen molar-refractivity contribution in [3.8, 4) is 0 Å². The van der Waals surface area contributed by atoms with Crippen LogP contribution in [0, 0.1) is 13.8 Å². The fourth-order valence-corrected chi connectivity index (χ4v) is 6.65. The maximum atomic E-state index is 12.7. The van der Waals surface area contributed by atoms with E-state index in [4.69, 9.17) is 4.74 Å². The van der Waals surface area contributed by atoms with Gasteiger partial charge >= 0.3 is 0 Å². The Hall–Kier alpha value is -1.85. The minimum Gasteiger partial charge on any atom is -0.379 e. The summed E-state index contributed by atoms with van der Waals surface area (Å²) in [6.07, 6.45) is 1.52. The molecule has 1 aromatic carbocycles. The summed E-state index contributed by atoms with van der Waals surface area (Å²) in [4.78, 5) is 23.6. The molecule has 1 saturated heterocycles. The first-order valence-corrected chi connectivity index (χ1v) is 12.7. The monoisotopic (exact) mass is 463 g/mol. The van der Waals surface area contributed by atoms with Gasteiger partial charge in [0.05, 0.1) is 23.9 Å². The zero-order valence-corrected chi connectivity index (χ0v) is 19.1. The molecule has 4 rings (SSSR count). The predicted molar refractivity (Wildman–Crippen MR) is 118 cm³/mol. The van der Waals surface area contributed by atoms with Gasteiger partial charge < -0.3 is 4.74 Å². The first-order valence-electron chi connectivity index (χ1n) is 9.42. The molecule has 0 unspecified atom stereocenters. The van der Waals surface area contributed by atoms with Crippen LogP contribution in [0.25, 0.3) is 10.2 Å². The third-order valence-corrected chi connectivity index (χ3v) is 9.07. The van der Waals surface area contributed by atoms with Crippen LogP contribution < -0.4 is 0 Å². The van der Waals surface area contributed by atoms with E-state index in [-0.39, 0.29) is 16.4 Å². The standard InChI is InChI=1S/C20H21N3O4S3/c1-13-14(2)29-20-18(13)19(21-12-22-20)28-11-17(24)15-3-5-16(6-4-15)30(25,26)23-7-9-27-10-8-23/h3-6,12H,7-11H2,1-2H3. The van der Waals surface area contributed by atoms with Gasteiger partial charge in [0.1, 0.15) is 16.2 Å². The molecular formula is C20H21N3O4S3. The number of hydrogen-bond donors (Lipinski definition) is 0. The molecule has 10 heteroatoms. The average molecular weight is 464 g/mol. The van der Waals surface area contributed by atoms with E-state index in [9.17, 15) is 13.2 Å². The molecule has 0 bridgehead atoms. The molecule has 1 aliphatic heterocycles. The molecule has 0 saturated carbocycles. The third kappa shape index (κ3) is 4.15. The van der Waals surface area contributed by atoms with Gasteiger partial charge in [-0.3, -0.25) is 4.79 Å². The van der Waals surface area contributed by atoms with Crippen LogP contribution in [0.3, 0.4) is 0 Å². The molecule has 30 heavy (non-hydrogen) atoms. The summed E-state index contributed by atoms with van der Waals surface area (Å²) in [5.41, 5.74) is 1.62. The van der Waals surface area contributed by atoms with Crippen molar-refractivity contribution in [2.24, 2.45) is 0 Å². The van der Waals surface area contributed by atoms with E-state index < -0.39 is 10.0 Å². The highest BCUT2D eigenvalue weighted by molar-refractivity contribution is 8.00. The maximum absolute atomic E-state index is 12.7. The lowest BCUT2D eigenvalue weighted by Gasteiger charge is -2.26. The van der Waals surface area contributed by atoms with Gasteiger partial charge in [0.25, 0.3) is 0 Å². The van der Waals surface area contributed by atoms with Crippen molar-refractivity contribution in [2.45, 2.75) is 23.8 Å². The molecule has 0 radical (unpaired) electrons. The summed E-state index contributed by atoms with van der Waals surface area (Å²) >= 11 is 3.00. The van der Waals surface area contributed by atoms with Crippen LogP contribution in [0.4, 0.5) is 0 Å².